The van der Waals surface area contributed by atoms with Gasteiger partial charge in [-0.05, 0) is 29.8 Å². The quantitative estimate of drug-likeness (QED) is 0.825. The fourth-order valence-corrected chi connectivity index (χ4v) is 2.01. The molecule has 2 rings (SSSR count). The molecule has 0 spiro atoms. The van der Waals surface area contributed by atoms with Gasteiger partial charge in [0.15, 0.2) is 0 Å². The number of hydrogen-bond acceptors (Lipinski definition) is 1. The van der Waals surface area contributed by atoms with Crippen molar-refractivity contribution in [1.82, 2.24) is 0 Å². The second kappa shape index (κ2) is 6.05. The minimum Gasteiger partial charge on any atom is -0.350 e. The molecule has 0 saturated carbocycles. The van der Waals surface area contributed by atoms with Crippen LogP contribution in [0.2, 0.25) is 0 Å². The Bertz CT molecular complexity index is 576. The minimum atomic E-state index is -4.32. The molecule has 0 aliphatic heterocycles. The molecule has 1 nitrogen and oxygen atoms in total. The van der Waals surface area contributed by atoms with E-state index in [0.717, 1.165) is 17.7 Å². The van der Waals surface area contributed by atoms with Crippen LogP contribution in [0.5, 0.6) is 0 Å². The van der Waals surface area contributed by atoms with Gasteiger partial charge in [-0.15, -0.1) is 0 Å². The molecule has 0 heterocycles. The fourth-order valence-electron chi connectivity index (χ4n) is 1.73. The number of rotatable bonds is 3. The van der Waals surface area contributed by atoms with Gasteiger partial charge < -0.3 is 5.32 Å². The molecular formula is C15H12F3NS. The van der Waals surface area contributed by atoms with Crippen molar-refractivity contribution in [2.24, 2.45) is 0 Å². The number of alkyl halides is 3. The molecule has 1 N–H and O–H groups in total. The van der Waals surface area contributed by atoms with Crippen molar-refractivity contribution in [3.8, 4) is 0 Å². The van der Waals surface area contributed by atoms with Crippen LogP contribution < -0.4 is 5.32 Å². The summed E-state index contributed by atoms with van der Waals surface area (Å²) in [6.45, 7) is 0. The largest absolute Gasteiger partial charge is 0.416 e. The number of hydrogen-bond donors (Lipinski definition) is 1. The molecule has 0 bridgehead atoms. The molecule has 0 amide bonds. The van der Waals surface area contributed by atoms with Crippen LogP contribution in [0, 0.1) is 0 Å². The first-order valence-electron chi connectivity index (χ1n) is 5.96. The maximum atomic E-state index is 12.4. The highest BCUT2D eigenvalue weighted by atomic mass is 32.1. The monoisotopic (exact) mass is 295 g/mol. The summed E-state index contributed by atoms with van der Waals surface area (Å²) in [5.74, 6) is 0. The van der Waals surface area contributed by atoms with E-state index < -0.39 is 11.7 Å². The van der Waals surface area contributed by atoms with E-state index in [4.69, 9.17) is 12.2 Å². The van der Waals surface area contributed by atoms with Crippen molar-refractivity contribution >= 4 is 22.9 Å². The molecule has 104 valence electrons. The van der Waals surface area contributed by atoms with E-state index in [-0.39, 0.29) is 0 Å². The van der Waals surface area contributed by atoms with E-state index >= 15 is 0 Å². The summed E-state index contributed by atoms with van der Waals surface area (Å²) in [5, 5.41) is 2.93. The Labute approximate surface area is 120 Å². The average Bonchev–Trinajstić information content (AvgIpc) is 2.39. The third kappa shape index (κ3) is 4.06. The predicted molar refractivity (Wildman–Crippen MR) is 77.8 cm³/mol. The Morgan fingerprint density at radius 3 is 2.10 bits per heavy atom. The van der Waals surface area contributed by atoms with Crippen molar-refractivity contribution in [3.63, 3.8) is 0 Å². The number of thiocarbonyl (C=S) groups is 1. The van der Waals surface area contributed by atoms with E-state index in [2.05, 4.69) is 5.32 Å². The summed E-state index contributed by atoms with van der Waals surface area (Å²) in [5.41, 5.74) is 0.938. The lowest BCUT2D eigenvalue weighted by atomic mass is 10.1. The third-order valence-corrected chi connectivity index (χ3v) is 2.95. The first kappa shape index (κ1) is 14.5. The van der Waals surface area contributed by atoms with Crippen molar-refractivity contribution in [2.75, 3.05) is 5.32 Å². The summed E-state index contributed by atoms with van der Waals surface area (Å²) < 4.78 is 37.3. The Morgan fingerprint density at radius 1 is 0.950 bits per heavy atom. The summed E-state index contributed by atoms with van der Waals surface area (Å²) in [6, 6.07) is 14.4. The Morgan fingerprint density at radius 2 is 1.55 bits per heavy atom. The van der Waals surface area contributed by atoms with Crippen LogP contribution >= 0.6 is 12.2 Å². The minimum absolute atomic E-state index is 0.553. The first-order chi connectivity index (χ1) is 9.45. The van der Waals surface area contributed by atoms with Crippen LogP contribution in [0.15, 0.2) is 54.6 Å². The molecular weight excluding hydrogens is 283 g/mol. The maximum Gasteiger partial charge on any atom is 0.416 e. The van der Waals surface area contributed by atoms with Crippen molar-refractivity contribution < 1.29 is 13.2 Å². The van der Waals surface area contributed by atoms with Crippen LogP contribution in [-0.4, -0.2) is 4.99 Å². The van der Waals surface area contributed by atoms with Gasteiger partial charge in [-0.1, -0.05) is 42.5 Å². The number of halogens is 3. The number of anilines is 1. The number of benzene rings is 2. The lowest BCUT2D eigenvalue weighted by Crippen LogP contribution is -2.12. The maximum absolute atomic E-state index is 12.4. The first-order valence-corrected chi connectivity index (χ1v) is 6.37. The zero-order valence-corrected chi connectivity index (χ0v) is 11.3. The van der Waals surface area contributed by atoms with Gasteiger partial charge in [0.25, 0.3) is 0 Å². The molecule has 0 saturated heterocycles. The molecule has 0 aliphatic carbocycles. The molecule has 0 radical (unpaired) electrons. The highest BCUT2D eigenvalue weighted by molar-refractivity contribution is 7.80. The Balaban J connectivity index is 1.98. The SMILES string of the molecule is FC(F)(F)c1ccc(NC(=S)Cc2ccccc2)cc1. The van der Waals surface area contributed by atoms with Gasteiger partial charge in [0.05, 0.1) is 10.6 Å². The highest BCUT2D eigenvalue weighted by Gasteiger charge is 2.29. The highest BCUT2D eigenvalue weighted by Crippen LogP contribution is 2.29. The van der Waals surface area contributed by atoms with Gasteiger partial charge in [-0.3, -0.25) is 0 Å². The van der Waals surface area contributed by atoms with Gasteiger partial charge in [-0.25, -0.2) is 0 Å². The standard InChI is InChI=1S/C15H12F3NS/c16-15(17,18)12-6-8-13(9-7-12)19-14(20)10-11-4-2-1-3-5-11/h1-9H,10H2,(H,19,20). The normalized spacial score (nSPS) is 11.2. The molecule has 0 atom stereocenters. The van der Waals surface area contributed by atoms with Crippen molar-refractivity contribution in [1.29, 1.82) is 0 Å². The number of nitrogens with one attached hydrogen (secondary N) is 1. The summed E-state index contributed by atoms with van der Waals surface area (Å²) in [7, 11) is 0. The molecule has 0 aliphatic rings. The molecule has 0 unspecified atom stereocenters. The van der Waals surface area contributed by atoms with Crippen LogP contribution in [0.1, 0.15) is 11.1 Å². The lowest BCUT2D eigenvalue weighted by molar-refractivity contribution is -0.137. The summed E-state index contributed by atoms with van der Waals surface area (Å²) in [6.07, 6.45) is -3.76. The zero-order chi connectivity index (χ0) is 14.6. The van der Waals surface area contributed by atoms with E-state index in [1.54, 1.807) is 0 Å². The van der Waals surface area contributed by atoms with Gasteiger partial charge in [-0.2, -0.15) is 13.2 Å². The second-order valence-electron chi connectivity index (χ2n) is 4.29. The molecule has 0 aromatic heterocycles. The summed E-state index contributed by atoms with van der Waals surface area (Å²) in [4.78, 5) is 0.566. The molecule has 2 aromatic rings. The molecule has 5 heteroatoms. The molecule has 2 aromatic carbocycles. The van der Waals surface area contributed by atoms with Crippen LogP contribution in [0.3, 0.4) is 0 Å². The van der Waals surface area contributed by atoms with Gasteiger partial charge >= 0.3 is 6.18 Å². The van der Waals surface area contributed by atoms with E-state index in [1.165, 1.54) is 12.1 Å². The summed E-state index contributed by atoms with van der Waals surface area (Å²) >= 11 is 5.19. The van der Waals surface area contributed by atoms with Crippen LogP contribution in [0.25, 0.3) is 0 Å². The predicted octanol–water partition coefficient (Wildman–Crippen LogP) is 4.69. The third-order valence-electron chi connectivity index (χ3n) is 2.70. The van der Waals surface area contributed by atoms with E-state index in [1.807, 2.05) is 30.3 Å². The fraction of sp³-hybridized carbons (Fsp3) is 0.133. The van der Waals surface area contributed by atoms with Gasteiger partial charge in [0.1, 0.15) is 0 Å². The van der Waals surface area contributed by atoms with E-state index in [0.29, 0.717) is 17.1 Å². The van der Waals surface area contributed by atoms with E-state index in [9.17, 15) is 13.2 Å². The zero-order valence-electron chi connectivity index (χ0n) is 10.4. The van der Waals surface area contributed by atoms with Crippen LogP contribution in [-0.2, 0) is 12.6 Å². The average molecular weight is 295 g/mol. The molecule has 20 heavy (non-hydrogen) atoms. The topological polar surface area (TPSA) is 12.0 Å². The lowest BCUT2D eigenvalue weighted by Gasteiger charge is -2.10. The van der Waals surface area contributed by atoms with Crippen LogP contribution in [0.4, 0.5) is 18.9 Å². The van der Waals surface area contributed by atoms with Crippen molar-refractivity contribution in [2.45, 2.75) is 12.6 Å². The van der Waals surface area contributed by atoms with Gasteiger partial charge in [0, 0.05) is 12.1 Å². The second-order valence-corrected chi connectivity index (χ2v) is 4.78. The Hall–Kier alpha value is -1.88. The smallest absolute Gasteiger partial charge is 0.350 e. The van der Waals surface area contributed by atoms with Gasteiger partial charge in [0.2, 0.25) is 0 Å². The molecule has 0 fully saturated rings. The van der Waals surface area contributed by atoms with Crippen molar-refractivity contribution in [3.05, 3.63) is 65.7 Å². The Kier molecular flexibility index (Phi) is 4.39.